The van der Waals surface area contributed by atoms with Crippen molar-refractivity contribution in [3.8, 4) is 11.4 Å². The predicted molar refractivity (Wildman–Crippen MR) is 78.7 cm³/mol. The van der Waals surface area contributed by atoms with E-state index in [-0.39, 0.29) is 6.10 Å². The third-order valence-electron chi connectivity index (χ3n) is 3.36. The van der Waals surface area contributed by atoms with Gasteiger partial charge in [0.25, 0.3) is 5.89 Å². The van der Waals surface area contributed by atoms with Crippen LogP contribution in [-0.2, 0) is 11.3 Å². The molecule has 1 saturated heterocycles. The van der Waals surface area contributed by atoms with Crippen LogP contribution in [0.15, 0.2) is 28.8 Å². The monoisotopic (exact) mass is 288 g/mol. The second-order valence-corrected chi connectivity index (χ2v) is 5.45. The zero-order valence-corrected chi connectivity index (χ0v) is 12.4. The Balaban J connectivity index is 1.73. The van der Waals surface area contributed by atoms with Gasteiger partial charge in [0.2, 0.25) is 5.82 Å². The Bertz CT molecular complexity index is 574. The molecule has 0 saturated carbocycles. The fourth-order valence-electron chi connectivity index (χ4n) is 2.33. The van der Waals surface area contributed by atoms with Gasteiger partial charge in [-0.3, -0.25) is 0 Å². The molecule has 6 heteroatoms. The Labute approximate surface area is 124 Å². The molecule has 6 nitrogen and oxygen atoms in total. The van der Waals surface area contributed by atoms with Crippen molar-refractivity contribution in [1.29, 1.82) is 0 Å². The standard InChI is InChI=1S/C15H20N4O2/c1-19(2)10-11-3-5-12(6-4-11)14-17-15(21-18-14)13-9-16-7-8-20-13/h3-6,13,16H,7-10H2,1-2H3/t13-/m1/s1. The van der Waals surface area contributed by atoms with Gasteiger partial charge in [0.05, 0.1) is 6.61 Å². The molecule has 0 spiro atoms. The first kappa shape index (κ1) is 14.2. The van der Waals surface area contributed by atoms with Gasteiger partial charge >= 0.3 is 0 Å². The number of rotatable bonds is 4. The second-order valence-electron chi connectivity index (χ2n) is 5.45. The average molecular weight is 288 g/mol. The van der Waals surface area contributed by atoms with Crippen LogP contribution in [0, 0.1) is 0 Å². The minimum absolute atomic E-state index is 0.145. The fraction of sp³-hybridized carbons (Fsp3) is 0.467. The molecule has 1 aliphatic rings. The third kappa shape index (κ3) is 3.47. The highest BCUT2D eigenvalue weighted by Crippen LogP contribution is 2.22. The van der Waals surface area contributed by atoms with Crippen molar-refractivity contribution >= 4 is 0 Å². The summed E-state index contributed by atoms with van der Waals surface area (Å²) in [6.45, 7) is 3.16. The Morgan fingerprint density at radius 2 is 2.10 bits per heavy atom. The summed E-state index contributed by atoms with van der Waals surface area (Å²) in [7, 11) is 4.11. The van der Waals surface area contributed by atoms with Crippen LogP contribution in [0.3, 0.4) is 0 Å². The smallest absolute Gasteiger partial charge is 0.257 e. The van der Waals surface area contributed by atoms with Gasteiger partial charge in [-0.1, -0.05) is 29.4 Å². The van der Waals surface area contributed by atoms with Crippen molar-refractivity contribution < 1.29 is 9.26 Å². The molecule has 1 N–H and O–H groups in total. The van der Waals surface area contributed by atoms with Crippen molar-refractivity contribution in [1.82, 2.24) is 20.4 Å². The van der Waals surface area contributed by atoms with Crippen molar-refractivity contribution in [2.75, 3.05) is 33.8 Å². The van der Waals surface area contributed by atoms with E-state index in [9.17, 15) is 0 Å². The SMILES string of the molecule is CN(C)Cc1ccc(-c2noc([C@H]3CNCCO3)n2)cc1. The second kappa shape index (κ2) is 6.34. The van der Waals surface area contributed by atoms with E-state index in [1.165, 1.54) is 5.56 Å². The number of ether oxygens (including phenoxy) is 1. The van der Waals surface area contributed by atoms with Gasteiger partial charge in [-0.15, -0.1) is 0 Å². The Morgan fingerprint density at radius 1 is 1.29 bits per heavy atom. The Morgan fingerprint density at radius 3 is 2.76 bits per heavy atom. The first-order chi connectivity index (χ1) is 10.2. The lowest BCUT2D eigenvalue weighted by atomic mass is 10.1. The Hall–Kier alpha value is -1.76. The number of benzene rings is 1. The third-order valence-corrected chi connectivity index (χ3v) is 3.36. The van der Waals surface area contributed by atoms with Gasteiger partial charge in [0.1, 0.15) is 6.10 Å². The van der Waals surface area contributed by atoms with Crippen molar-refractivity contribution in [3.05, 3.63) is 35.7 Å². The molecule has 1 atom stereocenters. The summed E-state index contributed by atoms with van der Waals surface area (Å²) in [5, 5.41) is 7.30. The minimum atomic E-state index is -0.145. The van der Waals surface area contributed by atoms with Gasteiger partial charge in [-0.05, 0) is 19.7 Å². The average Bonchev–Trinajstić information content (AvgIpc) is 2.98. The zero-order valence-electron chi connectivity index (χ0n) is 12.4. The molecule has 2 aromatic rings. The van der Waals surface area contributed by atoms with E-state index in [4.69, 9.17) is 9.26 Å². The highest BCUT2D eigenvalue weighted by Gasteiger charge is 2.22. The first-order valence-electron chi connectivity index (χ1n) is 7.12. The molecule has 0 unspecified atom stereocenters. The lowest BCUT2D eigenvalue weighted by molar-refractivity contribution is 0.00755. The molecule has 1 aliphatic heterocycles. The number of hydrogen-bond acceptors (Lipinski definition) is 6. The fourth-order valence-corrected chi connectivity index (χ4v) is 2.33. The van der Waals surface area contributed by atoms with E-state index < -0.39 is 0 Å². The zero-order chi connectivity index (χ0) is 14.7. The molecule has 1 fully saturated rings. The first-order valence-corrected chi connectivity index (χ1v) is 7.12. The topological polar surface area (TPSA) is 63.4 Å². The predicted octanol–water partition coefficient (Wildman–Crippen LogP) is 1.46. The molecule has 0 bridgehead atoms. The molecule has 21 heavy (non-hydrogen) atoms. The van der Waals surface area contributed by atoms with Gasteiger partial charge < -0.3 is 19.5 Å². The summed E-state index contributed by atoms with van der Waals surface area (Å²) >= 11 is 0. The van der Waals surface area contributed by atoms with E-state index in [1.54, 1.807) is 0 Å². The summed E-state index contributed by atoms with van der Waals surface area (Å²) < 4.78 is 10.9. The summed E-state index contributed by atoms with van der Waals surface area (Å²) in [4.78, 5) is 6.58. The number of aromatic nitrogens is 2. The maximum absolute atomic E-state index is 5.61. The molecule has 3 rings (SSSR count). The molecule has 0 radical (unpaired) electrons. The summed E-state index contributed by atoms with van der Waals surface area (Å²) in [5.41, 5.74) is 2.21. The number of nitrogens with one attached hydrogen (secondary N) is 1. The molecular weight excluding hydrogens is 268 g/mol. The molecule has 1 aromatic heterocycles. The maximum atomic E-state index is 5.61. The number of hydrogen-bond donors (Lipinski definition) is 1. The van der Waals surface area contributed by atoms with Gasteiger partial charge in [-0.2, -0.15) is 4.98 Å². The van der Waals surface area contributed by atoms with Crippen LogP contribution in [0.4, 0.5) is 0 Å². The van der Waals surface area contributed by atoms with Crippen LogP contribution >= 0.6 is 0 Å². The summed E-state index contributed by atoms with van der Waals surface area (Å²) in [5.74, 6) is 1.14. The minimum Gasteiger partial charge on any atom is -0.366 e. The molecule has 2 heterocycles. The summed E-state index contributed by atoms with van der Waals surface area (Å²) in [6.07, 6.45) is -0.145. The Kier molecular flexibility index (Phi) is 4.28. The molecule has 0 aliphatic carbocycles. The van der Waals surface area contributed by atoms with Gasteiger partial charge in [0, 0.05) is 25.2 Å². The van der Waals surface area contributed by atoms with Crippen LogP contribution in [0.1, 0.15) is 17.6 Å². The maximum Gasteiger partial charge on any atom is 0.257 e. The van der Waals surface area contributed by atoms with Crippen LogP contribution in [0.2, 0.25) is 0 Å². The van der Waals surface area contributed by atoms with E-state index >= 15 is 0 Å². The summed E-state index contributed by atoms with van der Waals surface area (Å²) in [6, 6.07) is 8.22. The highest BCUT2D eigenvalue weighted by molar-refractivity contribution is 5.54. The normalized spacial score (nSPS) is 19.1. The molecule has 1 aromatic carbocycles. The van der Waals surface area contributed by atoms with E-state index in [1.807, 2.05) is 12.1 Å². The van der Waals surface area contributed by atoms with Crippen molar-refractivity contribution in [2.24, 2.45) is 0 Å². The molecular formula is C15H20N4O2. The number of morpholine rings is 1. The lowest BCUT2D eigenvalue weighted by Gasteiger charge is -2.19. The van der Waals surface area contributed by atoms with Gasteiger partial charge in [-0.25, -0.2) is 0 Å². The van der Waals surface area contributed by atoms with Crippen LogP contribution in [0.5, 0.6) is 0 Å². The highest BCUT2D eigenvalue weighted by atomic mass is 16.5. The van der Waals surface area contributed by atoms with Crippen molar-refractivity contribution in [3.63, 3.8) is 0 Å². The molecule has 0 amide bonds. The van der Waals surface area contributed by atoms with E-state index in [2.05, 4.69) is 46.6 Å². The van der Waals surface area contributed by atoms with Crippen LogP contribution < -0.4 is 5.32 Å². The quantitative estimate of drug-likeness (QED) is 0.919. The van der Waals surface area contributed by atoms with Crippen LogP contribution in [-0.4, -0.2) is 48.8 Å². The number of nitrogens with zero attached hydrogens (tertiary/aromatic N) is 3. The van der Waals surface area contributed by atoms with E-state index in [0.717, 1.165) is 18.7 Å². The van der Waals surface area contributed by atoms with Gasteiger partial charge in [0.15, 0.2) is 0 Å². The van der Waals surface area contributed by atoms with Crippen molar-refractivity contribution in [2.45, 2.75) is 12.6 Å². The van der Waals surface area contributed by atoms with E-state index in [0.29, 0.717) is 24.9 Å². The lowest BCUT2D eigenvalue weighted by Crippen LogP contribution is -2.33. The van der Waals surface area contributed by atoms with Crippen LogP contribution in [0.25, 0.3) is 11.4 Å². The largest absolute Gasteiger partial charge is 0.366 e. The molecule has 112 valence electrons.